The first-order valence-electron chi connectivity index (χ1n) is 7.77. The van der Waals surface area contributed by atoms with Crippen LogP contribution in [0.4, 0.5) is 11.4 Å². The molecule has 2 heterocycles. The fourth-order valence-electron chi connectivity index (χ4n) is 3.28. The second kappa shape index (κ2) is 5.78. The molecule has 4 nitrogen and oxygen atoms in total. The molecule has 1 saturated heterocycles. The number of benzene rings is 1. The summed E-state index contributed by atoms with van der Waals surface area (Å²) in [6.07, 6.45) is 8.63. The smallest absolute Gasteiger partial charge is 0.114 e. The van der Waals surface area contributed by atoms with Gasteiger partial charge in [-0.15, -0.1) is 0 Å². The molecule has 5 heteroatoms. The van der Waals surface area contributed by atoms with Crippen LogP contribution in [0.1, 0.15) is 0 Å². The number of aliphatic imine (C=N–C) groups is 1. The Morgan fingerprint density at radius 1 is 1.14 bits per heavy atom. The van der Waals surface area contributed by atoms with Crippen molar-refractivity contribution < 1.29 is 0 Å². The van der Waals surface area contributed by atoms with E-state index >= 15 is 0 Å². The summed E-state index contributed by atoms with van der Waals surface area (Å²) >= 11 is 6.38. The van der Waals surface area contributed by atoms with Crippen LogP contribution in [-0.2, 0) is 0 Å². The van der Waals surface area contributed by atoms with E-state index in [2.05, 4.69) is 39.8 Å². The van der Waals surface area contributed by atoms with Crippen LogP contribution >= 0.6 is 11.6 Å². The zero-order chi connectivity index (χ0) is 14.9. The van der Waals surface area contributed by atoms with Gasteiger partial charge in [-0.2, -0.15) is 0 Å². The normalized spacial score (nSPS) is 26.6. The number of nitrogens with one attached hydrogen (secondary N) is 2. The van der Waals surface area contributed by atoms with Crippen LogP contribution in [0.5, 0.6) is 0 Å². The molecule has 1 aromatic rings. The van der Waals surface area contributed by atoms with Gasteiger partial charge in [0.2, 0.25) is 0 Å². The number of fused-ring (bicyclic) bond motifs is 2. The summed E-state index contributed by atoms with van der Waals surface area (Å²) in [5.41, 5.74) is 1.86. The van der Waals surface area contributed by atoms with Gasteiger partial charge in [0, 0.05) is 26.2 Å². The molecule has 1 aromatic carbocycles. The first-order chi connectivity index (χ1) is 10.8. The number of allylic oxidation sites excluding steroid dienone is 2. The number of rotatable bonds is 0. The van der Waals surface area contributed by atoms with E-state index in [0.29, 0.717) is 0 Å². The molecule has 0 aromatic heterocycles. The largest absolute Gasteiger partial charge is 0.375 e. The Kier molecular flexibility index (Phi) is 3.64. The molecule has 2 unspecified atom stereocenters. The van der Waals surface area contributed by atoms with Crippen LogP contribution in [0.3, 0.4) is 0 Å². The number of halogens is 1. The van der Waals surface area contributed by atoms with Crippen molar-refractivity contribution in [3.8, 4) is 0 Å². The van der Waals surface area contributed by atoms with Gasteiger partial charge in [-0.1, -0.05) is 42.0 Å². The molecule has 3 aliphatic rings. The molecule has 0 amide bonds. The standard InChI is InChI=1S/C17H19ClN4/c18-13-5-3-7-15-16(13)20-14-6-2-1-4-12(14)17(21-15)22-10-8-19-9-11-22/h1-7,12,14,19-20H,8-11H2. The Balaban J connectivity index is 1.81. The molecule has 1 aliphatic carbocycles. The molecular formula is C17H19ClN4. The van der Waals surface area contributed by atoms with E-state index in [0.717, 1.165) is 48.4 Å². The summed E-state index contributed by atoms with van der Waals surface area (Å²) in [6, 6.07) is 6.10. The second-order valence-corrected chi connectivity index (χ2v) is 6.21. The van der Waals surface area contributed by atoms with E-state index in [4.69, 9.17) is 16.6 Å². The highest BCUT2D eigenvalue weighted by Gasteiger charge is 2.31. The van der Waals surface area contributed by atoms with E-state index in [1.165, 1.54) is 0 Å². The molecule has 2 aliphatic heterocycles. The maximum atomic E-state index is 6.38. The molecular weight excluding hydrogens is 296 g/mol. The average molecular weight is 315 g/mol. The minimum Gasteiger partial charge on any atom is -0.375 e. The summed E-state index contributed by atoms with van der Waals surface area (Å²) < 4.78 is 0. The number of hydrogen-bond acceptors (Lipinski definition) is 4. The number of hydrogen-bond donors (Lipinski definition) is 2. The van der Waals surface area contributed by atoms with Gasteiger partial charge in [-0.25, -0.2) is 4.99 Å². The van der Waals surface area contributed by atoms with Crippen molar-refractivity contribution in [2.75, 3.05) is 31.5 Å². The molecule has 4 rings (SSSR count). The Morgan fingerprint density at radius 2 is 1.95 bits per heavy atom. The van der Waals surface area contributed by atoms with E-state index in [1.807, 2.05) is 18.2 Å². The van der Waals surface area contributed by atoms with Crippen molar-refractivity contribution in [2.24, 2.45) is 10.9 Å². The fraction of sp³-hybridized carbons (Fsp3) is 0.353. The highest BCUT2D eigenvalue weighted by molar-refractivity contribution is 6.34. The van der Waals surface area contributed by atoms with E-state index in [1.54, 1.807) is 0 Å². The number of para-hydroxylation sites is 1. The zero-order valence-corrected chi connectivity index (χ0v) is 13.1. The number of nitrogens with zero attached hydrogens (tertiary/aromatic N) is 2. The van der Waals surface area contributed by atoms with E-state index in [9.17, 15) is 0 Å². The highest BCUT2D eigenvalue weighted by atomic mass is 35.5. The SMILES string of the molecule is Clc1cccc2c1NC1C=CC=CC1C(N1CCNCC1)=N2. The molecule has 1 fully saturated rings. The van der Waals surface area contributed by atoms with Gasteiger partial charge in [0.05, 0.1) is 28.4 Å². The third kappa shape index (κ3) is 2.42. The first-order valence-corrected chi connectivity index (χ1v) is 8.15. The monoisotopic (exact) mass is 314 g/mol. The summed E-state index contributed by atoms with van der Waals surface area (Å²) in [4.78, 5) is 7.39. The third-order valence-corrected chi connectivity index (χ3v) is 4.73. The van der Waals surface area contributed by atoms with Crippen LogP contribution in [0.15, 0.2) is 47.5 Å². The predicted octanol–water partition coefficient (Wildman–Crippen LogP) is 2.81. The number of amidine groups is 1. The average Bonchev–Trinajstić information content (AvgIpc) is 2.74. The van der Waals surface area contributed by atoms with Crippen LogP contribution < -0.4 is 10.6 Å². The molecule has 0 radical (unpaired) electrons. The lowest BCUT2D eigenvalue weighted by molar-refractivity contribution is 0.344. The predicted molar refractivity (Wildman–Crippen MR) is 92.2 cm³/mol. The van der Waals surface area contributed by atoms with E-state index in [-0.39, 0.29) is 12.0 Å². The van der Waals surface area contributed by atoms with Crippen LogP contribution in [-0.4, -0.2) is 43.0 Å². The van der Waals surface area contributed by atoms with Crippen molar-refractivity contribution in [3.63, 3.8) is 0 Å². The van der Waals surface area contributed by atoms with Crippen molar-refractivity contribution in [1.82, 2.24) is 10.2 Å². The number of piperazine rings is 1. The van der Waals surface area contributed by atoms with Crippen molar-refractivity contribution >= 4 is 28.8 Å². The summed E-state index contributed by atoms with van der Waals surface area (Å²) in [6.45, 7) is 4.00. The Labute approximate surface area is 135 Å². The van der Waals surface area contributed by atoms with E-state index < -0.39 is 0 Å². The number of anilines is 1. The van der Waals surface area contributed by atoms with Crippen LogP contribution in [0, 0.1) is 5.92 Å². The van der Waals surface area contributed by atoms with Crippen molar-refractivity contribution in [2.45, 2.75) is 6.04 Å². The van der Waals surface area contributed by atoms with Gasteiger partial charge < -0.3 is 15.5 Å². The van der Waals surface area contributed by atoms with Gasteiger partial charge in [0.15, 0.2) is 0 Å². The third-order valence-electron chi connectivity index (χ3n) is 4.41. The minimum atomic E-state index is 0.194. The topological polar surface area (TPSA) is 39.7 Å². The van der Waals surface area contributed by atoms with Gasteiger partial charge in [0.1, 0.15) is 5.84 Å². The summed E-state index contributed by atoms with van der Waals surface area (Å²) in [5.74, 6) is 1.38. The van der Waals surface area contributed by atoms with Crippen molar-refractivity contribution in [1.29, 1.82) is 0 Å². The Bertz CT molecular complexity index is 659. The van der Waals surface area contributed by atoms with Gasteiger partial charge in [-0.05, 0) is 12.1 Å². The molecule has 0 spiro atoms. The first kappa shape index (κ1) is 13.9. The van der Waals surface area contributed by atoms with Crippen molar-refractivity contribution in [3.05, 3.63) is 47.5 Å². The molecule has 0 saturated carbocycles. The quantitative estimate of drug-likeness (QED) is 0.773. The Hall–Kier alpha value is -1.78. The second-order valence-electron chi connectivity index (χ2n) is 5.81. The zero-order valence-electron chi connectivity index (χ0n) is 12.3. The van der Waals surface area contributed by atoms with Gasteiger partial charge in [0.25, 0.3) is 0 Å². The molecule has 114 valence electrons. The minimum absolute atomic E-state index is 0.194. The highest BCUT2D eigenvalue weighted by Crippen LogP contribution is 2.38. The maximum absolute atomic E-state index is 6.38. The summed E-state index contributed by atoms with van der Waals surface area (Å²) in [7, 11) is 0. The maximum Gasteiger partial charge on any atom is 0.114 e. The Morgan fingerprint density at radius 3 is 2.82 bits per heavy atom. The fourth-order valence-corrected chi connectivity index (χ4v) is 3.50. The summed E-state index contributed by atoms with van der Waals surface area (Å²) in [5, 5.41) is 7.70. The molecule has 2 N–H and O–H groups in total. The lowest BCUT2D eigenvalue weighted by atomic mass is 9.93. The van der Waals surface area contributed by atoms with Crippen LogP contribution in [0.25, 0.3) is 0 Å². The lowest BCUT2D eigenvalue weighted by Gasteiger charge is -2.35. The molecule has 0 bridgehead atoms. The molecule has 22 heavy (non-hydrogen) atoms. The lowest BCUT2D eigenvalue weighted by Crippen LogP contribution is -2.50. The van der Waals surface area contributed by atoms with Crippen LogP contribution in [0.2, 0.25) is 5.02 Å². The molecule has 2 atom stereocenters. The van der Waals surface area contributed by atoms with Gasteiger partial charge in [-0.3, -0.25) is 0 Å². The van der Waals surface area contributed by atoms with Gasteiger partial charge >= 0.3 is 0 Å².